The molecular weight excluding hydrogens is 591 g/mol. The molecule has 0 aliphatic rings. The molecule has 0 heterocycles. The zero-order chi connectivity index (χ0) is 31.7. The molecule has 0 atom stereocenters. The van der Waals surface area contributed by atoms with Gasteiger partial charge in [-0.1, -0.05) is 130 Å². The average molecular weight is 660 g/mol. The van der Waals surface area contributed by atoms with Crippen LogP contribution in [0, 0.1) is 0 Å². The first kappa shape index (κ1) is 41.3. The van der Waals surface area contributed by atoms with E-state index < -0.39 is 0 Å². The molecular formula is C42H68N2Ni. The maximum atomic E-state index is 5.32. The third kappa shape index (κ3) is 19.5. The van der Waals surface area contributed by atoms with Crippen LogP contribution in [0.4, 0.5) is 11.4 Å². The minimum absolute atomic E-state index is 0. The minimum Gasteiger partial charge on any atom is -0.255 e. The van der Waals surface area contributed by atoms with Crippen LogP contribution in [0.25, 0.3) is 0 Å². The summed E-state index contributed by atoms with van der Waals surface area (Å²) in [5.41, 5.74) is 9.18. The summed E-state index contributed by atoms with van der Waals surface area (Å²) in [5.74, 6) is 0. The molecule has 0 bridgehead atoms. The number of hydrogen-bond acceptors (Lipinski definition) is 2. The minimum atomic E-state index is 0. The summed E-state index contributed by atoms with van der Waals surface area (Å²) in [4.78, 5) is 10.4. The zero-order valence-electron chi connectivity index (χ0n) is 30.0. The van der Waals surface area contributed by atoms with Gasteiger partial charge >= 0.3 is 0 Å². The second kappa shape index (κ2) is 27.4. The monoisotopic (exact) mass is 658 g/mol. The van der Waals surface area contributed by atoms with Crippen LogP contribution in [-0.2, 0) is 42.2 Å². The Hall–Kier alpha value is -1.73. The summed E-state index contributed by atoms with van der Waals surface area (Å²) in [6.45, 7) is 11.5. The topological polar surface area (TPSA) is 24.7 Å². The van der Waals surface area contributed by atoms with Crippen molar-refractivity contribution in [1.82, 2.24) is 0 Å². The first-order valence-corrected chi connectivity index (χ1v) is 19.0. The number of aliphatic imine (C=N–C) groups is 2. The Kier molecular flexibility index (Phi) is 25.1. The van der Waals surface area contributed by atoms with Crippen LogP contribution in [-0.4, -0.2) is 11.9 Å². The van der Waals surface area contributed by atoms with E-state index in [-0.39, 0.29) is 16.5 Å². The van der Waals surface area contributed by atoms with E-state index in [2.05, 4.69) is 77.2 Å². The maximum Gasteiger partial charge on any atom is 0.0639 e. The van der Waals surface area contributed by atoms with Gasteiger partial charge in [0.05, 0.1) is 17.1 Å². The van der Waals surface area contributed by atoms with E-state index in [4.69, 9.17) is 9.98 Å². The largest absolute Gasteiger partial charge is 0.255 e. The van der Waals surface area contributed by atoms with Gasteiger partial charge in [0.1, 0.15) is 0 Å². The number of unbranched alkanes of at least 4 members (excludes halogenated alkanes) is 13. The van der Waals surface area contributed by atoms with E-state index in [1.807, 2.05) is 0 Å². The average Bonchev–Trinajstić information content (AvgIpc) is 3.02. The molecule has 0 saturated carbocycles. The van der Waals surface area contributed by atoms with Gasteiger partial charge in [-0.2, -0.15) is 0 Å². The number of hydrogen-bond donors (Lipinski definition) is 0. The first-order chi connectivity index (χ1) is 21.6. The van der Waals surface area contributed by atoms with E-state index in [0.29, 0.717) is 0 Å². The number of nitrogens with zero attached hydrogens (tertiary/aromatic N) is 2. The summed E-state index contributed by atoms with van der Waals surface area (Å²) in [6, 6.07) is 14.3. The van der Waals surface area contributed by atoms with Crippen molar-refractivity contribution in [3.63, 3.8) is 0 Å². The van der Waals surface area contributed by atoms with Crippen molar-refractivity contribution in [2.75, 3.05) is 0 Å². The molecule has 2 nitrogen and oxygen atoms in total. The number of benzene rings is 2. The van der Waals surface area contributed by atoms with Crippen LogP contribution in [0.2, 0.25) is 0 Å². The zero-order valence-corrected chi connectivity index (χ0v) is 31.0. The van der Waals surface area contributed by atoms with Gasteiger partial charge in [-0.15, -0.1) is 0 Å². The van der Waals surface area contributed by atoms with Crippen molar-refractivity contribution in [3.05, 3.63) is 58.7 Å². The van der Waals surface area contributed by atoms with E-state index in [9.17, 15) is 0 Å². The quantitative estimate of drug-likeness (QED) is 0.0546. The predicted octanol–water partition coefficient (Wildman–Crippen LogP) is 13.8. The molecule has 0 spiro atoms. The molecule has 0 unspecified atom stereocenters. The Morgan fingerprint density at radius 1 is 0.444 bits per heavy atom. The molecule has 3 heteroatoms. The third-order valence-corrected chi connectivity index (χ3v) is 8.77. The molecule has 0 aromatic heterocycles. The van der Waals surface area contributed by atoms with Crippen LogP contribution in [0.1, 0.15) is 179 Å². The van der Waals surface area contributed by atoms with Gasteiger partial charge in [-0.25, -0.2) is 0 Å². The molecule has 0 N–H and O–H groups in total. The molecule has 2 aromatic carbocycles. The fraction of sp³-hybridized carbons (Fsp3) is 0.667. The fourth-order valence-electron chi connectivity index (χ4n) is 6.07. The second-order valence-corrected chi connectivity index (χ2v) is 13.2. The molecule has 0 amide bonds. The van der Waals surface area contributed by atoms with E-state index in [1.54, 1.807) is 0 Å². The smallest absolute Gasteiger partial charge is 0.0639 e. The van der Waals surface area contributed by atoms with Gasteiger partial charge in [-0.05, 0) is 111 Å². The molecule has 0 radical (unpaired) electrons. The second-order valence-electron chi connectivity index (χ2n) is 13.2. The van der Waals surface area contributed by atoms with Crippen LogP contribution in [0.3, 0.4) is 0 Å². The number of rotatable bonds is 26. The van der Waals surface area contributed by atoms with Crippen molar-refractivity contribution in [3.8, 4) is 0 Å². The molecule has 2 aromatic rings. The first-order valence-electron chi connectivity index (χ1n) is 19.0. The molecule has 0 aliphatic carbocycles. The van der Waals surface area contributed by atoms with Gasteiger partial charge < -0.3 is 0 Å². The van der Waals surface area contributed by atoms with Crippen LogP contribution < -0.4 is 0 Å². The van der Waals surface area contributed by atoms with Gasteiger partial charge in [-0.3, -0.25) is 9.98 Å². The van der Waals surface area contributed by atoms with E-state index in [0.717, 1.165) is 49.2 Å². The Morgan fingerprint density at radius 3 is 1.22 bits per heavy atom. The van der Waals surface area contributed by atoms with Crippen LogP contribution >= 0.6 is 0 Å². The Bertz CT molecular complexity index is 1010. The third-order valence-electron chi connectivity index (χ3n) is 8.77. The maximum absolute atomic E-state index is 5.32. The van der Waals surface area contributed by atoms with Crippen molar-refractivity contribution in [2.24, 2.45) is 9.98 Å². The summed E-state index contributed by atoms with van der Waals surface area (Å²) < 4.78 is 0. The predicted molar refractivity (Wildman–Crippen MR) is 199 cm³/mol. The Morgan fingerprint density at radius 2 is 0.800 bits per heavy atom. The molecule has 0 aliphatic heterocycles. The standard InChI is InChI=1S/C42H68N2.Ni/c1-6-11-16-17-18-23-28-40(44-42-33-38(26-21-14-9-4)30-39(34-42)27-22-15-10-5)35-43-41-31-36(24-19-12-7-2)29-37(32-41)25-20-13-8-3;/h29-35H,6-28H2,1-5H3;/b43-35+,44-40+;. The van der Waals surface area contributed by atoms with Crippen molar-refractivity contribution < 1.29 is 16.5 Å². The fourth-order valence-corrected chi connectivity index (χ4v) is 6.07. The van der Waals surface area contributed by atoms with Crippen molar-refractivity contribution in [2.45, 2.75) is 182 Å². The SMILES string of the molecule is CCCCCCCCC(/C=N/c1cc(CCCCC)cc(CCCCC)c1)=N\c1cc(CCCCC)cc(CCCCC)c1.[Ni]. The molecule has 256 valence electrons. The van der Waals surface area contributed by atoms with Gasteiger partial charge in [0.25, 0.3) is 0 Å². The van der Waals surface area contributed by atoms with Crippen molar-refractivity contribution in [1.29, 1.82) is 0 Å². The van der Waals surface area contributed by atoms with Crippen molar-refractivity contribution >= 4 is 23.3 Å². The molecule has 0 saturated heterocycles. The van der Waals surface area contributed by atoms with Gasteiger partial charge in [0.15, 0.2) is 0 Å². The molecule has 2 rings (SSSR count). The molecule has 0 fully saturated rings. The number of aryl methyl sites for hydroxylation is 4. The molecule has 45 heavy (non-hydrogen) atoms. The van der Waals surface area contributed by atoms with E-state index >= 15 is 0 Å². The van der Waals surface area contributed by atoms with E-state index in [1.165, 1.54) is 138 Å². The summed E-state index contributed by atoms with van der Waals surface area (Å²) in [5, 5.41) is 0. The summed E-state index contributed by atoms with van der Waals surface area (Å²) in [7, 11) is 0. The van der Waals surface area contributed by atoms with Crippen LogP contribution in [0.15, 0.2) is 46.4 Å². The summed E-state index contributed by atoms with van der Waals surface area (Å²) >= 11 is 0. The summed E-state index contributed by atoms with van der Waals surface area (Å²) in [6.07, 6.45) is 30.8. The normalized spacial score (nSPS) is 11.8. The van der Waals surface area contributed by atoms with Crippen LogP contribution in [0.5, 0.6) is 0 Å². The Balaban J connectivity index is 0.0000101. The van der Waals surface area contributed by atoms with Gasteiger partial charge in [0.2, 0.25) is 0 Å². The van der Waals surface area contributed by atoms with Gasteiger partial charge in [0, 0.05) is 22.7 Å². The Labute approximate surface area is 289 Å².